The molecular weight excluding hydrogens is 602 g/mol. The van der Waals surface area contributed by atoms with Crippen LogP contribution in [0, 0.1) is 0 Å². The van der Waals surface area contributed by atoms with E-state index in [2.05, 4.69) is 0 Å². The SMILES string of the molecule is O=S(=O)(F)C(F)(F)C(F)(F)C(F)(F)C(F)(F)C(F)(F)C(F)(F)C(F)(F)C(F)(C(F)(F)F)C(F)(F)F. The molecule has 0 bridgehead atoms. The van der Waals surface area contributed by atoms with E-state index >= 15 is 0 Å². The van der Waals surface area contributed by atoms with E-state index in [1.54, 1.807) is 0 Å². The van der Waals surface area contributed by atoms with Gasteiger partial charge in [0.2, 0.25) is 0 Å². The predicted octanol–water partition coefficient (Wildman–Crippen LogP) is 6.52. The van der Waals surface area contributed by atoms with Crippen LogP contribution in [0.15, 0.2) is 0 Å². The van der Waals surface area contributed by atoms with Crippen LogP contribution in [0.4, 0.5) is 96.1 Å². The summed E-state index contributed by atoms with van der Waals surface area (Å²) >= 11 is 0. The molecule has 2 nitrogen and oxygen atoms in total. The van der Waals surface area contributed by atoms with Gasteiger partial charge in [-0.15, -0.1) is 0 Å². The van der Waals surface area contributed by atoms with E-state index in [4.69, 9.17) is 0 Å². The van der Waals surface area contributed by atoms with Crippen molar-refractivity contribution in [1.82, 2.24) is 0 Å². The lowest BCUT2D eigenvalue weighted by molar-refractivity contribution is -0.475. The van der Waals surface area contributed by atoms with Crippen LogP contribution in [-0.2, 0) is 10.2 Å². The van der Waals surface area contributed by atoms with Gasteiger partial charge in [0.1, 0.15) is 0 Å². The largest absolute Gasteiger partial charge is 0.442 e. The van der Waals surface area contributed by atoms with Crippen LogP contribution in [0.5, 0.6) is 0 Å². The Morgan fingerprint density at radius 2 is 0.543 bits per heavy atom. The van der Waals surface area contributed by atoms with Crippen LogP contribution in [0.3, 0.4) is 0 Å². The summed E-state index contributed by atoms with van der Waals surface area (Å²) in [6, 6.07) is 0. The maximum atomic E-state index is 13.3. The van der Waals surface area contributed by atoms with Crippen molar-refractivity contribution in [2.24, 2.45) is 0 Å². The molecule has 0 rings (SSSR count). The first-order valence-corrected chi connectivity index (χ1v) is 8.29. The lowest BCUT2D eigenvalue weighted by atomic mass is 9.83. The van der Waals surface area contributed by atoms with Gasteiger partial charge in [0, 0.05) is 0 Å². The maximum absolute atomic E-state index is 13.3. The zero-order valence-electron chi connectivity index (χ0n) is 14.5. The number of hydrogen-bond acceptors (Lipinski definition) is 2. The van der Waals surface area contributed by atoms with Crippen molar-refractivity contribution in [1.29, 1.82) is 0 Å². The highest BCUT2D eigenvalue weighted by Crippen LogP contribution is 2.67. The Bertz CT molecular complexity index is 892. The summed E-state index contributed by atoms with van der Waals surface area (Å²) in [5, 5.41) is -8.30. The number of hydrogen-bond donors (Lipinski definition) is 0. The minimum Gasteiger partial charge on any atom is -0.216 e. The Morgan fingerprint density at radius 3 is 0.743 bits per heavy atom. The van der Waals surface area contributed by atoms with Gasteiger partial charge in [-0.1, -0.05) is 3.89 Å². The lowest BCUT2D eigenvalue weighted by Gasteiger charge is -2.45. The third-order valence-electron chi connectivity index (χ3n) is 3.86. The highest BCUT2D eigenvalue weighted by atomic mass is 32.3. The fourth-order valence-electron chi connectivity index (χ4n) is 1.86. The summed E-state index contributed by atoms with van der Waals surface area (Å²) < 4.78 is 302. The topological polar surface area (TPSA) is 34.1 Å². The van der Waals surface area contributed by atoms with Crippen LogP contribution in [0.1, 0.15) is 0 Å². The first-order chi connectivity index (χ1) is 14.5. The molecule has 0 amide bonds. The zero-order chi connectivity index (χ0) is 29.5. The number of alkyl halides is 21. The highest BCUT2D eigenvalue weighted by Gasteiger charge is 2.99. The zero-order valence-corrected chi connectivity index (χ0v) is 15.4. The van der Waals surface area contributed by atoms with Gasteiger partial charge in [0.05, 0.1) is 0 Å². The van der Waals surface area contributed by atoms with E-state index in [-0.39, 0.29) is 0 Å². The highest BCUT2D eigenvalue weighted by molar-refractivity contribution is 7.87. The Balaban J connectivity index is 7.38. The molecule has 0 aliphatic rings. The molecule has 0 N–H and O–H groups in total. The molecule has 25 heteroatoms. The van der Waals surface area contributed by atoms with Crippen LogP contribution in [0.2, 0.25) is 0 Å². The van der Waals surface area contributed by atoms with Gasteiger partial charge in [0.15, 0.2) is 0 Å². The molecule has 0 aromatic heterocycles. The molecule has 0 aliphatic carbocycles. The lowest BCUT2D eigenvalue weighted by Crippen LogP contribution is -2.78. The van der Waals surface area contributed by atoms with Crippen molar-refractivity contribution in [3.63, 3.8) is 0 Å². The molecule has 0 saturated carbocycles. The van der Waals surface area contributed by atoms with Gasteiger partial charge in [-0.3, -0.25) is 0 Å². The molecule has 0 atom stereocenters. The fourth-order valence-corrected chi connectivity index (χ4v) is 2.29. The predicted molar refractivity (Wildman–Crippen MR) is 60.6 cm³/mol. The van der Waals surface area contributed by atoms with Gasteiger partial charge >= 0.3 is 69.0 Å². The standard InChI is InChI=1S/C10F22O2S/c11-1(8(24,25)26,9(27,28)29)2(12,13)3(14,15)4(16,17)5(18,19)6(20,21)7(22,23)10(30,31)35(32,33)34. The van der Waals surface area contributed by atoms with Crippen molar-refractivity contribution >= 4 is 10.2 Å². The summed E-state index contributed by atoms with van der Waals surface area (Å²) in [6.07, 6.45) is -17.0. The van der Waals surface area contributed by atoms with E-state index in [1.165, 1.54) is 0 Å². The van der Waals surface area contributed by atoms with Crippen molar-refractivity contribution in [2.45, 2.75) is 58.8 Å². The molecule has 0 radical (unpaired) electrons. The molecule has 0 aromatic carbocycles. The smallest absolute Gasteiger partial charge is 0.216 e. The third kappa shape index (κ3) is 3.83. The second-order valence-electron chi connectivity index (χ2n) is 6.05. The van der Waals surface area contributed by atoms with Crippen LogP contribution in [0.25, 0.3) is 0 Å². The van der Waals surface area contributed by atoms with Gasteiger partial charge in [-0.25, -0.2) is 4.39 Å². The van der Waals surface area contributed by atoms with Crippen molar-refractivity contribution in [2.75, 3.05) is 0 Å². The van der Waals surface area contributed by atoms with Crippen molar-refractivity contribution in [3.05, 3.63) is 0 Å². The first-order valence-electron chi connectivity index (χ1n) is 6.91. The quantitative estimate of drug-likeness (QED) is 0.234. The molecular formula is C10F22O2S. The van der Waals surface area contributed by atoms with E-state index in [0.717, 1.165) is 0 Å². The average Bonchev–Trinajstić information content (AvgIpc) is 2.56. The maximum Gasteiger partial charge on any atom is 0.442 e. The van der Waals surface area contributed by atoms with E-state index in [1.807, 2.05) is 0 Å². The number of rotatable bonds is 8. The van der Waals surface area contributed by atoms with Gasteiger partial charge in [-0.2, -0.15) is 96.2 Å². The van der Waals surface area contributed by atoms with Gasteiger partial charge < -0.3 is 0 Å². The van der Waals surface area contributed by atoms with Crippen LogP contribution in [-0.4, -0.2) is 67.2 Å². The van der Waals surface area contributed by atoms with Crippen molar-refractivity contribution in [3.8, 4) is 0 Å². The normalized spacial score (nSPS) is 17.1. The summed E-state index contributed by atoms with van der Waals surface area (Å²) in [5.41, 5.74) is -9.03. The Morgan fingerprint density at radius 1 is 0.343 bits per heavy atom. The summed E-state index contributed by atoms with van der Waals surface area (Å²) in [7, 11) is -8.61. The molecule has 0 aromatic rings. The van der Waals surface area contributed by atoms with E-state index < -0.39 is 69.0 Å². The summed E-state index contributed by atoms with van der Waals surface area (Å²) in [5.74, 6) is -55.8. The second kappa shape index (κ2) is 7.71. The van der Waals surface area contributed by atoms with Crippen LogP contribution < -0.4 is 0 Å². The Labute approximate surface area is 175 Å². The van der Waals surface area contributed by atoms with E-state index in [9.17, 15) is 105 Å². The molecule has 0 fully saturated rings. The monoisotopic (exact) mass is 602 g/mol. The Kier molecular flexibility index (Phi) is 7.36. The first kappa shape index (κ1) is 33.4. The third-order valence-corrected chi connectivity index (χ3v) is 4.73. The second-order valence-corrected chi connectivity index (χ2v) is 7.44. The van der Waals surface area contributed by atoms with Crippen molar-refractivity contribution < 1.29 is 105 Å². The molecule has 212 valence electrons. The van der Waals surface area contributed by atoms with Gasteiger partial charge in [-0.05, 0) is 0 Å². The van der Waals surface area contributed by atoms with Gasteiger partial charge in [0.25, 0.3) is 0 Å². The number of halogens is 22. The van der Waals surface area contributed by atoms with Crippen LogP contribution >= 0.6 is 0 Å². The molecule has 35 heavy (non-hydrogen) atoms. The fraction of sp³-hybridized carbons (Fsp3) is 1.00. The minimum absolute atomic E-state index is 8.30. The summed E-state index contributed by atoms with van der Waals surface area (Å²) in [6.45, 7) is 0. The molecule has 0 heterocycles. The molecule has 0 aliphatic heterocycles. The Hall–Kier alpha value is -1.59. The molecule has 0 unspecified atom stereocenters. The van der Waals surface area contributed by atoms with E-state index in [0.29, 0.717) is 0 Å². The average molecular weight is 602 g/mol. The molecule has 0 saturated heterocycles. The summed E-state index contributed by atoms with van der Waals surface area (Å²) in [4.78, 5) is 0. The minimum atomic E-state index is -9.49. The molecule has 0 spiro atoms.